The molecule has 0 aliphatic rings. The van der Waals surface area contributed by atoms with Crippen molar-refractivity contribution in [2.24, 2.45) is 0 Å². The van der Waals surface area contributed by atoms with Crippen LogP contribution in [0.5, 0.6) is 0 Å². The van der Waals surface area contributed by atoms with E-state index in [1.165, 1.54) is 16.7 Å². The number of aromatic nitrogens is 2. The Morgan fingerprint density at radius 3 is 2.47 bits per heavy atom. The summed E-state index contributed by atoms with van der Waals surface area (Å²) in [6.07, 6.45) is 3.48. The quantitative estimate of drug-likeness (QED) is 0.328. The van der Waals surface area contributed by atoms with Crippen LogP contribution >= 0.6 is 11.6 Å². The van der Waals surface area contributed by atoms with Crippen molar-refractivity contribution in [2.45, 2.75) is 6.92 Å². The first-order chi connectivity index (χ1) is 14.5. The van der Waals surface area contributed by atoms with Gasteiger partial charge in [0.05, 0.1) is 21.5 Å². The van der Waals surface area contributed by atoms with Crippen LogP contribution in [0, 0.1) is 17.0 Å². The highest BCUT2D eigenvalue weighted by Crippen LogP contribution is 2.24. The van der Waals surface area contributed by atoms with Gasteiger partial charge < -0.3 is 0 Å². The minimum absolute atomic E-state index is 0.0161. The lowest BCUT2D eigenvalue weighted by Crippen LogP contribution is -2.23. The second-order valence-corrected chi connectivity index (χ2v) is 7.10. The first-order valence-corrected chi connectivity index (χ1v) is 9.53. The van der Waals surface area contributed by atoms with E-state index in [1.807, 2.05) is 19.1 Å². The van der Waals surface area contributed by atoms with Gasteiger partial charge in [0.2, 0.25) is 0 Å². The smallest absolute Gasteiger partial charge is 0.268 e. The molecule has 0 aliphatic heterocycles. The van der Waals surface area contributed by atoms with Crippen molar-refractivity contribution < 1.29 is 4.92 Å². The Bertz CT molecular complexity index is 1360. The maximum Gasteiger partial charge on any atom is 0.269 e. The summed E-state index contributed by atoms with van der Waals surface area (Å²) >= 11 is 6.29. The van der Waals surface area contributed by atoms with Crippen molar-refractivity contribution in [3.63, 3.8) is 0 Å². The third kappa shape index (κ3) is 3.60. The molecule has 3 aromatic carbocycles. The van der Waals surface area contributed by atoms with E-state index < -0.39 is 4.92 Å². The average Bonchev–Trinajstić information content (AvgIpc) is 2.75. The molecule has 0 saturated heterocycles. The van der Waals surface area contributed by atoms with E-state index in [4.69, 9.17) is 11.6 Å². The Kier molecular flexibility index (Phi) is 5.16. The molecule has 0 radical (unpaired) electrons. The second-order valence-electron chi connectivity index (χ2n) is 6.69. The molecule has 1 aromatic heterocycles. The van der Waals surface area contributed by atoms with Crippen LogP contribution in [0.25, 0.3) is 28.7 Å². The molecule has 6 nitrogen and oxygen atoms in total. The lowest BCUT2D eigenvalue weighted by Gasteiger charge is -2.14. The third-order valence-electron chi connectivity index (χ3n) is 4.81. The van der Waals surface area contributed by atoms with Gasteiger partial charge in [-0.05, 0) is 60.5 Å². The van der Waals surface area contributed by atoms with E-state index in [0.29, 0.717) is 27.4 Å². The summed E-state index contributed by atoms with van der Waals surface area (Å²) in [5, 5.41) is 11.9. The van der Waals surface area contributed by atoms with Crippen LogP contribution in [0.15, 0.2) is 71.5 Å². The molecular formula is C23H16ClN3O3. The number of rotatable bonds is 4. The molecule has 0 aliphatic carbocycles. The van der Waals surface area contributed by atoms with Crippen LogP contribution < -0.4 is 5.56 Å². The van der Waals surface area contributed by atoms with Crippen molar-refractivity contribution in [1.29, 1.82) is 0 Å². The van der Waals surface area contributed by atoms with Crippen molar-refractivity contribution in [3.8, 4) is 5.69 Å². The number of nitro benzene ring substituents is 1. The zero-order chi connectivity index (χ0) is 21.3. The van der Waals surface area contributed by atoms with E-state index in [9.17, 15) is 14.9 Å². The fourth-order valence-electron chi connectivity index (χ4n) is 3.21. The fourth-order valence-corrected chi connectivity index (χ4v) is 3.38. The number of benzene rings is 3. The summed E-state index contributed by atoms with van der Waals surface area (Å²) in [6, 6.07) is 18.7. The molecule has 0 atom stereocenters. The molecule has 7 heteroatoms. The monoisotopic (exact) mass is 417 g/mol. The number of para-hydroxylation sites is 1. The Labute approximate surface area is 176 Å². The second kappa shape index (κ2) is 7.93. The normalized spacial score (nSPS) is 11.3. The van der Waals surface area contributed by atoms with E-state index in [-0.39, 0.29) is 11.2 Å². The maximum atomic E-state index is 13.3. The number of hydrogen-bond acceptors (Lipinski definition) is 4. The molecule has 148 valence electrons. The van der Waals surface area contributed by atoms with Crippen LogP contribution in [0.3, 0.4) is 0 Å². The minimum atomic E-state index is -0.446. The maximum absolute atomic E-state index is 13.3. The number of nitrogens with zero attached hydrogens (tertiary/aromatic N) is 3. The number of halogens is 1. The highest BCUT2D eigenvalue weighted by molar-refractivity contribution is 6.31. The molecule has 4 rings (SSSR count). The summed E-state index contributed by atoms with van der Waals surface area (Å²) < 4.78 is 1.53. The first-order valence-electron chi connectivity index (χ1n) is 9.15. The van der Waals surface area contributed by atoms with Crippen LogP contribution in [0.1, 0.15) is 17.0 Å². The molecule has 1 heterocycles. The highest BCUT2D eigenvalue weighted by atomic mass is 35.5. The molecule has 30 heavy (non-hydrogen) atoms. The van der Waals surface area contributed by atoms with Gasteiger partial charge in [-0.2, -0.15) is 0 Å². The van der Waals surface area contributed by atoms with Gasteiger partial charge in [0.15, 0.2) is 0 Å². The van der Waals surface area contributed by atoms with Gasteiger partial charge in [0, 0.05) is 17.2 Å². The Hall–Kier alpha value is -3.77. The molecule has 4 aromatic rings. The van der Waals surface area contributed by atoms with Gasteiger partial charge in [0.1, 0.15) is 5.82 Å². The fraction of sp³-hybridized carbons (Fsp3) is 0.0435. The van der Waals surface area contributed by atoms with Crippen molar-refractivity contribution in [2.75, 3.05) is 0 Å². The number of non-ortho nitro benzene ring substituents is 1. The number of hydrogen-bond donors (Lipinski definition) is 0. The van der Waals surface area contributed by atoms with Gasteiger partial charge in [-0.1, -0.05) is 35.9 Å². The van der Waals surface area contributed by atoms with E-state index in [0.717, 1.165) is 11.1 Å². The summed E-state index contributed by atoms with van der Waals surface area (Å²) in [5.41, 5.74) is 2.56. The molecule has 0 fully saturated rings. The average molecular weight is 418 g/mol. The zero-order valence-electron chi connectivity index (χ0n) is 15.9. The zero-order valence-corrected chi connectivity index (χ0v) is 16.7. The van der Waals surface area contributed by atoms with Crippen LogP contribution in [0.4, 0.5) is 5.69 Å². The SMILES string of the molecule is Cc1c(Cl)cccc1-n1c(C=Cc2ccc([N+](=O)[O-])cc2)nc2ccccc2c1=O. The van der Waals surface area contributed by atoms with Gasteiger partial charge in [-0.15, -0.1) is 0 Å². The minimum Gasteiger partial charge on any atom is -0.268 e. The first kappa shape index (κ1) is 19.5. The van der Waals surface area contributed by atoms with Crippen LogP contribution in [-0.2, 0) is 0 Å². The molecule has 0 saturated carbocycles. The standard InChI is InChI=1S/C23H16ClN3O3/c1-15-19(24)6-4-8-21(15)26-22(25-20-7-3-2-5-18(20)23(26)28)14-11-16-9-12-17(13-10-16)27(29)30/h2-14H,1H3. The van der Waals surface area contributed by atoms with Gasteiger partial charge in [-0.3, -0.25) is 19.5 Å². The van der Waals surface area contributed by atoms with E-state index >= 15 is 0 Å². The number of fused-ring (bicyclic) bond motifs is 1. The largest absolute Gasteiger partial charge is 0.269 e. The number of nitro groups is 1. The summed E-state index contributed by atoms with van der Waals surface area (Å²) in [7, 11) is 0. The summed E-state index contributed by atoms with van der Waals surface area (Å²) in [5.74, 6) is 0.433. The van der Waals surface area contributed by atoms with E-state index in [2.05, 4.69) is 4.98 Å². The van der Waals surface area contributed by atoms with Gasteiger partial charge in [-0.25, -0.2) is 4.98 Å². The Morgan fingerprint density at radius 2 is 1.73 bits per heavy atom. The van der Waals surface area contributed by atoms with Crippen LogP contribution in [0.2, 0.25) is 5.02 Å². The lowest BCUT2D eigenvalue weighted by molar-refractivity contribution is -0.384. The van der Waals surface area contributed by atoms with Gasteiger partial charge in [0.25, 0.3) is 11.2 Å². The Balaban J connectivity index is 1.91. The van der Waals surface area contributed by atoms with E-state index in [1.54, 1.807) is 54.6 Å². The molecule has 0 N–H and O–H groups in total. The van der Waals surface area contributed by atoms with Crippen LogP contribution in [-0.4, -0.2) is 14.5 Å². The Morgan fingerprint density at radius 1 is 1.00 bits per heavy atom. The third-order valence-corrected chi connectivity index (χ3v) is 5.22. The van der Waals surface area contributed by atoms with Crippen molar-refractivity contribution >= 4 is 40.3 Å². The van der Waals surface area contributed by atoms with Crippen molar-refractivity contribution in [1.82, 2.24) is 9.55 Å². The predicted octanol–water partition coefficient (Wildman–Crippen LogP) is 5.43. The molecule has 0 amide bonds. The summed E-state index contributed by atoms with van der Waals surface area (Å²) in [4.78, 5) is 28.4. The molecular weight excluding hydrogens is 402 g/mol. The molecule has 0 unspecified atom stereocenters. The van der Waals surface area contributed by atoms with Crippen molar-refractivity contribution in [3.05, 3.63) is 109 Å². The summed E-state index contributed by atoms with van der Waals surface area (Å²) in [6.45, 7) is 1.85. The topological polar surface area (TPSA) is 78.0 Å². The highest BCUT2D eigenvalue weighted by Gasteiger charge is 2.14. The lowest BCUT2D eigenvalue weighted by atomic mass is 10.1. The van der Waals surface area contributed by atoms with Gasteiger partial charge >= 0.3 is 0 Å². The molecule has 0 bridgehead atoms. The molecule has 0 spiro atoms. The predicted molar refractivity (Wildman–Crippen MR) is 119 cm³/mol.